The predicted molar refractivity (Wildman–Crippen MR) is 76.1 cm³/mol. The number of rotatable bonds is 3. The molecule has 0 spiro atoms. The average Bonchev–Trinajstić information content (AvgIpc) is 2.24. The van der Waals surface area contributed by atoms with Crippen LogP contribution >= 0.6 is 11.6 Å². The number of allylic oxidation sites excluding steroid dienone is 1. The van der Waals surface area contributed by atoms with Gasteiger partial charge in [-0.25, -0.2) is 4.79 Å². The third-order valence-electron chi connectivity index (χ3n) is 1.93. The van der Waals surface area contributed by atoms with E-state index in [1.165, 1.54) is 0 Å². The summed E-state index contributed by atoms with van der Waals surface area (Å²) in [5.74, 6) is 0.462. The number of hydrogen-bond donors (Lipinski definition) is 1. The van der Waals surface area contributed by atoms with Gasteiger partial charge in [0.25, 0.3) is 0 Å². The highest BCUT2D eigenvalue weighted by atomic mass is 35.5. The zero-order valence-corrected chi connectivity index (χ0v) is 11.6. The predicted octanol–water partition coefficient (Wildman–Crippen LogP) is 4.29. The van der Waals surface area contributed by atoms with E-state index in [0.717, 1.165) is 5.56 Å². The van der Waals surface area contributed by atoms with Crippen LogP contribution in [0.5, 0.6) is 0 Å². The lowest BCUT2D eigenvalue weighted by molar-refractivity contribution is 0.0636. The van der Waals surface area contributed by atoms with E-state index in [1.54, 1.807) is 0 Å². The van der Waals surface area contributed by atoms with Gasteiger partial charge in [0.1, 0.15) is 5.60 Å². The third-order valence-corrected chi connectivity index (χ3v) is 2.11. The molecule has 0 heterocycles. The molecule has 0 aliphatic rings. The lowest BCUT2D eigenvalue weighted by Gasteiger charge is -2.19. The van der Waals surface area contributed by atoms with Gasteiger partial charge in [0, 0.05) is 11.6 Å². The van der Waals surface area contributed by atoms with E-state index in [0.29, 0.717) is 11.6 Å². The summed E-state index contributed by atoms with van der Waals surface area (Å²) in [5, 5.41) is 2.69. The molecule has 0 bridgehead atoms. The maximum atomic E-state index is 11.6. The van der Waals surface area contributed by atoms with E-state index >= 15 is 0 Å². The van der Waals surface area contributed by atoms with Gasteiger partial charge in [0.15, 0.2) is 0 Å². The fourth-order valence-corrected chi connectivity index (χ4v) is 1.41. The number of benzene rings is 1. The first-order chi connectivity index (χ1) is 8.40. The topological polar surface area (TPSA) is 38.3 Å². The molecule has 0 atom stereocenters. The first-order valence-electron chi connectivity index (χ1n) is 5.73. The molecule has 0 saturated heterocycles. The summed E-state index contributed by atoms with van der Waals surface area (Å²) in [4.78, 5) is 11.6. The Labute approximate surface area is 113 Å². The monoisotopic (exact) mass is 267 g/mol. The molecule has 98 valence electrons. The second-order valence-electron chi connectivity index (χ2n) is 4.81. The SMILES string of the molecule is CC(C)(C)OC(=O)Nc1cccc(C=CCCl)c1. The van der Waals surface area contributed by atoms with Crippen molar-refractivity contribution in [2.75, 3.05) is 11.2 Å². The fraction of sp³-hybridized carbons (Fsp3) is 0.357. The van der Waals surface area contributed by atoms with Crippen LogP contribution in [0.25, 0.3) is 6.08 Å². The lowest BCUT2D eigenvalue weighted by atomic mass is 10.2. The lowest BCUT2D eigenvalue weighted by Crippen LogP contribution is -2.27. The summed E-state index contributed by atoms with van der Waals surface area (Å²) in [7, 11) is 0. The number of anilines is 1. The Hall–Kier alpha value is -1.48. The van der Waals surface area contributed by atoms with Gasteiger partial charge < -0.3 is 4.74 Å². The summed E-state index contributed by atoms with van der Waals surface area (Å²) in [6.07, 6.45) is 3.28. The van der Waals surface area contributed by atoms with Crippen LogP contribution in [0.4, 0.5) is 10.5 Å². The number of alkyl halides is 1. The molecule has 18 heavy (non-hydrogen) atoms. The molecule has 0 radical (unpaired) electrons. The van der Waals surface area contributed by atoms with Crippen LogP contribution in [0, 0.1) is 0 Å². The Bertz CT molecular complexity index is 436. The van der Waals surface area contributed by atoms with Crippen LogP contribution in [0.1, 0.15) is 26.3 Å². The molecule has 4 heteroatoms. The molecule has 0 saturated carbocycles. The van der Waals surface area contributed by atoms with Crippen LogP contribution in [-0.2, 0) is 4.74 Å². The molecule has 0 aliphatic carbocycles. The van der Waals surface area contributed by atoms with E-state index in [2.05, 4.69) is 5.32 Å². The number of nitrogens with one attached hydrogen (secondary N) is 1. The van der Waals surface area contributed by atoms with Crippen LogP contribution in [0.3, 0.4) is 0 Å². The number of amides is 1. The highest BCUT2D eigenvalue weighted by Gasteiger charge is 2.15. The van der Waals surface area contributed by atoms with Crippen molar-refractivity contribution in [2.24, 2.45) is 0 Å². The van der Waals surface area contributed by atoms with Crippen molar-refractivity contribution < 1.29 is 9.53 Å². The minimum absolute atomic E-state index is 0.457. The van der Waals surface area contributed by atoms with Crippen molar-refractivity contribution in [1.82, 2.24) is 0 Å². The second kappa shape index (κ2) is 6.45. The van der Waals surface area contributed by atoms with E-state index in [4.69, 9.17) is 16.3 Å². The van der Waals surface area contributed by atoms with Crippen molar-refractivity contribution >= 4 is 29.5 Å². The van der Waals surface area contributed by atoms with E-state index < -0.39 is 11.7 Å². The molecule has 1 rings (SSSR count). The molecule has 0 fully saturated rings. The normalized spacial score (nSPS) is 11.6. The summed E-state index contributed by atoms with van der Waals surface area (Å²) in [5.41, 5.74) is 1.17. The fourth-order valence-electron chi connectivity index (χ4n) is 1.32. The minimum atomic E-state index is -0.500. The molecule has 1 N–H and O–H groups in total. The zero-order valence-electron chi connectivity index (χ0n) is 10.9. The summed E-state index contributed by atoms with van der Waals surface area (Å²) in [6.45, 7) is 5.48. The summed E-state index contributed by atoms with van der Waals surface area (Å²) < 4.78 is 5.17. The van der Waals surface area contributed by atoms with Crippen molar-refractivity contribution in [1.29, 1.82) is 0 Å². The first kappa shape index (κ1) is 14.6. The van der Waals surface area contributed by atoms with Gasteiger partial charge in [0.2, 0.25) is 0 Å². The molecule has 1 aromatic carbocycles. The van der Waals surface area contributed by atoms with E-state index in [1.807, 2.05) is 57.2 Å². The first-order valence-corrected chi connectivity index (χ1v) is 6.27. The van der Waals surface area contributed by atoms with Crippen molar-refractivity contribution in [3.8, 4) is 0 Å². The Morgan fingerprint density at radius 3 is 2.78 bits per heavy atom. The smallest absolute Gasteiger partial charge is 0.412 e. The van der Waals surface area contributed by atoms with Gasteiger partial charge in [-0.1, -0.05) is 24.3 Å². The highest BCUT2D eigenvalue weighted by Crippen LogP contribution is 2.14. The van der Waals surface area contributed by atoms with Gasteiger partial charge in [-0.3, -0.25) is 5.32 Å². The molecular formula is C14H18ClNO2. The summed E-state index contributed by atoms with van der Waals surface area (Å²) in [6, 6.07) is 7.46. The molecule has 0 aromatic heterocycles. The van der Waals surface area contributed by atoms with Gasteiger partial charge in [0.05, 0.1) is 0 Å². The van der Waals surface area contributed by atoms with Crippen LogP contribution in [-0.4, -0.2) is 17.6 Å². The number of hydrogen-bond acceptors (Lipinski definition) is 2. The van der Waals surface area contributed by atoms with Crippen LogP contribution < -0.4 is 5.32 Å². The zero-order chi connectivity index (χ0) is 13.6. The van der Waals surface area contributed by atoms with Crippen molar-refractivity contribution in [2.45, 2.75) is 26.4 Å². The number of ether oxygens (including phenoxy) is 1. The van der Waals surface area contributed by atoms with Crippen molar-refractivity contribution in [3.63, 3.8) is 0 Å². The van der Waals surface area contributed by atoms with E-state index in [9.17, 15) is 4.79 Å². The molecule has 1 amide bonds. The average molecular weight is 268 g/mol. The Morgan fingerprint density at radius 2 is 2.17 bits per heavy atom. The van der Waals surface area contributed by atoms with Crippen LogP contribution in [0.2, 0.25) is 0 Å². The van der Waals surface area contributed by atoms with E-state index in [-0.39, 0.29) is 0 Å². The molecule has 0 aliphatic heterocycles. The largest absolute Gasteiger partial charge is 0.444 e. The summed E-state index contributed by atoms with van der Waals surface area (Å²) >= 11 is 5.57. The van der Waals surface area contributed by atoms with Gasteiger partial charge >= 0.3 is 6.09 Å². The molecule has 1 aromatic rings. The van der Waals surface area contributed by atoms with Gasteiger partial charge in [-0.05, 0) is 38.5 Å². The third kappa shape index (κ3) is 5.73. The Kier molecular flexibility index (Phi) is 5.23. The number of carbonyl (C=O) groups is 1. The van der Waals surface area contributed by atoms with Crippen molar-refractivity contribution in [3.05, 3.63) is 35.9 Å². The molecule has 3 nitrogen and oxygen atoms in total. The minimum Gasteiger partial charge on any atom is -0.444 e. The number of carbonyl (C=O) groups excluding carboxylic acids is 1. The highest BCUT2D eigenvalue weighted by molar-refractivity contribution is 6.19. The van der Waals surface area contributed by atoms with Gasteiger partial charge in [-0.15, -0.1) is 11.6 Å². The van der Waals surface area contributed by atoms with Gasteiger partial charge in [-0.2, -0.15) is 0 Å². The molecular weight excluding hydrogens is 250 g/mol. The maximum Gasteiger partial charge on any atom is 0.412 e. The Morgan fingerprint density at radius 1 is 1.44 bits per heavy atom. The maximum absolute atomic E-state index is 11.6. The molecule has 0 unspecified atom stereocenters. The quantitative estimate of drug-likeness (QED) is 0.830. The standard InChI is InChI=1S/C14H18ClNO2/c1-14(2,3)18-13(17)16-12-8-4-6-11(10-12)7-5-9-15/h4-8,10H,9H2,1-3H3,(H,16,17). The number of halogens is 1. The Balaban J connectivity index is 2.67. The van der Waals surface area contributed by atoms with Crippen LogP contribution in [0.15, 0.2) is 30.3 Å². The second-order valence-corrected chi connectivity index (χ2v) is 5.12.